The fourth-order valence-electron chi connectivity index (χ4n) is 4.42. The minimum atomic E-state index is -4.51. The number of methoxy groups -OCH3 is 1. The van der Waals surface area contributed by atoms with Crippen molar-refractivity contribution in [3.05, 3.63) is 40.9 Å². The number of carbonyl (C=O) groups is 1. The number of sulfonamides is 1. The van der Waals surface area contributed by atoms with Gasteiger partial charge >= 0.3 is 6.18 Å². The van der Waals surface area contributed by atoms with Crippen LogP contribution in [-0.2, 0) is 21.0 Å². The second-order valence-corrected chi connectivity index (χ2v) is 10.6. The number of anilines is 1. The van der Waals surface area contributed by atoms with Crippen LogP contribution >= 0.6 is 11.3 Å². The number of hydrazine groups is 1. The van der Waals surface area contributed by atoms with Gasteiger partial charge in [0.05, 0.1) is 24.0 Å². The quantitative estimate of drug-likeness (QED) is 0.595. The van der Waals surface area contributed by atoms with Gasteiger partial charge in [0, 0.05) is 23.1 Å². The Morgan fingerprint density at radius 3 is 2.72 bits per heavy atom. The van der Waals surface area contributed by atoms with E-state index in [1.54, 1.807) is 5.38 Å². The molecule has 1 aliphatic heterocycles. The Kier molecular flexibility index (Phi) is 6.07. The predicted molar refractivity (Wildman–Crippen MR) is 111 cm³/mol. The van der Waals surface area contributed by atoms with Crippen LogP contribution in [0, 0.1) is 11.8 Å². The molecule has 1 saturated carbocycles. The lowest BCUT2D eigenvalue weighted by Gasteiger charge is -2.43. The number of alkyl halides is 3. The zero-order chi connectivity index (χ0) is 23.1. The molecule has 2 aliphatic rings. The number of thiazole rings is 1. The Morgan fingerprint density at radius 1 is 1.28 bits per heavy atom. The number of halogens is 3. The molecule has 4 unspecified atom stereocenters. The second-order valence-electron chi connectivity index (χ2n) is 7.76. The molecule has 2 heterocycles. The van der Waals surface area contributed by atoms with Crippen molar-refractivity contribution < 1.29 is 31.1 Å². The summed E-state index contributed by atoms with van der Waals surface area (Å²) in [5.74, 6) is -1.22. The normalized spacial score (nSPS) is 26.2. The number of benzene rings is 1. The fourth-order valence-corrected chi connectivity index (χ4v) is 6.70. The molecule has 1 aliphatic carbocycles. The topological polar surface area (TPSA) is 109 Å². The molecular formula is C19H21F3N4O4S2. The molecule has 2 aromatic rings. The van der Waals surface area contributed by atoms with E-state index in [0.717, 1.165) is 23.5 Å². The number of amides is 1. The zero-order valence-corrected chi connectivity index (χ0v) is 18.5. The third-order valence-electron chi connectivity index (χ3n) is 5.97. The van der Waals surface area contributed by atoms with Gasteiger partial charge in [-0.25, -0.2) is 18.8 Å². The lowest BCUT2D eigenvalue weighted by Crippen LogP contribution is -2.57. The first-order valence-electron chi connectivity index (χ1n) is 9.82. The average molecular weight is 491 g/mol. The van der Waals surface area contributed by atoms with Crippen LogP contribution in [0.5, 0.6) is 5.75 Å². The number of hydrogen-bond acceptors (Lipinski definition) is 7. The monoisotopic (exact) mass is 490 g/mol. The van der Waals surface area contributed by atoms with Crippen molar-refractivity contribution in [2.24, 2.45) is 11.8 Å². The number of nitrogens with one attached hydrogen (secondary N) is 3. The van der Waals surface area contributed by atoms with Gasteiger partial charge in [-0.05, 0) is 37.3 Å². The average Bonchev–Trinajstić information content (AvgIpc) is 3.25. The molecule has 3 N–H and O–H groups in total. The van der Waals surface area contributed by atoms with E-state index in [1.165, 1.54) is 19.4 Å². The van der Waals surface area contributed by atoms with Gasteiger partial charge in [0.15, 0.2) is 5.13 Å². The number of rotatable bonds is 5. The Labute approximate surface area is 186 Å². The third-order valence-corrected chi connectivity index (χ3v) is 8.57. The van der Waals surface area contributed by atoms with E-state index in [1.807, 2.05) is 0 Å². The fraction of sp³-hybridized carbons (Fsp3) is 0.474. The van der Waals surface area contributed by atoms with E-state index in [0.29, 0.717) is 18.4 Å². The van der Waals surface area contributed by atoms with Gasteiger partial charge < -0.3 is 4.74 Å². The van der Waals surface area contributed by atoms with E-state index in [9.17, 15) is 26.4 Å². The van der Waals surface area contributed by atoms with Gasteiger partial charge in [-0.15, -0.1) is 11.3 Å². The van der Waals surface area contributed by atoms with Crippen LogP contribution in [0.15, 0.2) is 29.8 Å². The zero-order valence-electron chi connectivity index (χ0n) is 16.8. The molecule has 174 valence electrons. The van der Waals surface area contributed by atoms with Crippen molar-refractivity contribution >= 4 is 32.4 Å². The molecule has 1 aromatic carbocycles. The second kappa shape index (κ2) is 8.52. The number of nitrogens with zero attached hydrogens (tertiary/aromatic N) is 1. The summed E-state index contributed by atoms with van der Waals surface area (Å²) in [5.41, 5.74) is 5.06. The smallest absolute Gasteiger partial charge is 0.416 e. The highest BCUT2D eigenvalue weighted by molar-refractivity contribution is 7.93. The van der Waals surface area contributed by atoms with Crippen molar-refractivity contribution in [1.29, 1.82) is 0 Å². The summed E-state index contributed by atoms with van der Waals surface area (Å²) in [6, 6.07) is 2.71. The molecule has 4 atom stereocenters. The van der Waals surface area contributed by atoms with Crippen molar-refractivity contribution in [2.45, 2.75) is 36.7 Å². The molecule has 0 radical (unpaired) electrons. The van der Waals surface area contributed by atoms with Gasteiger partial charge in [0.2, 0.25) is 15.9 Å². The predicted octanol–water partition coefficient (Wildman–Crippen LogP) is 3.07. The number of fused-ring (bicyclic) bond motifs is 1. The number of hydrogen-bond donors (Lipinski definition) is 3. The molecule has 1 amide bonds. The first-order valence-corrected chi connectivity index (χ1v) is 12.2. The first-order chi connectivity index (χ1) is 15.1. The summed E-state index contributed by atoms with van der Waals surface area (Å²) in [7, 11) is -2.47. The molecule has 1 saturated heterocycles. The number of ether oxygens (including phenoxy) is 1. The number of aromatic nitrogens is 1. The van der Waals surface area contributed by atoms with Crippen LogP contribution in [0.2, 0.25) is 0 Å². The summed E-state index contributed by atoms with van der Waals surface area (Å²) in [4.78, 5) is 16.5. The third kappa shape index (κ3) is 4.41. The molecule has 32 heavy (non-hydrogen) atoms. The van der Waals surface area contributed by atoms with Crippen LogP contribution < -0.4 is 20.3 Å². The van der Waals surface area contributed by atoms with Gasteiger partial charge in [0.1, 0.15) is 5.75 Å². The van der Waals surface area contributed by atoms with E-state index in [-0.39, 0.29) is 29.1 Å². The molecule has 0 bridgehead atoms. The van der Waals surface area contributed by atoms with Crippen LogP contribution in [0.4, 0.5) is 18.3 Å². The molecule has 8 nitrogen and oxygen atoms in total. The molecule has 1 aromatic heterocycles. The molecule has 13 heteroatoms. The number of carbonyl (C=O) groups excluding carboxylic acids is 1. The van der Waals surface area contributed by atoms with E-state index >= 15 is 0 Å². The van der Waals surface area contributed by atoms with Gasteiger partial charge in [-0.3, -0.25) is 14.9 Å². The van der Waals surface area contributed by atoms with Crippen LogP contribution in [0.1, 0.15) is 36.4 Å². The summed E-state index contributed by atoms with van der Waals surface area (Å²) in [6.45, 7) is 0. The van der Waals surface area contributed by atoms with Crippen molar-refractivity contribution in [3.8, 4) is 5.75 Å². The molecular weight excluding hydrogens is 469 g/mol. The summed E-state index contributed by atoms with van der Waals surface area (Å²) < 4.78 is 72.6. The Balaban J connectivity index is 1.57. The van der Waals surface area contributed by atoms with Crippen molar-refractivity contribution in [1.82, 2.24) is 15.8 Å². The molecule has 2 fully saturated rings. The van der Waals surface area contributed by atoms with Crippen LogP contribution in [0.25, 0.3) is 0 Å². The maximum absolute atomic E-state index is 13.1. The summed E-state index contributed by atoms with van der Waals surface area (Å²) in [5, 5.41) is 1.12. The Morgan fingerprint density at radius 2 is 2.06 bits per heavy atom. The van der Waals surface area contributed by atoms with Crippen molar-refractivity contribution in [3.63, 3.8) is 0 Å². The maximum atomic E-state index is 13.1. The highest BCUT2D eigenvalue weighted by atomic mass is 32.2. The van der Waals surface area contributed by atoms with E-state index in [2.05, 4.69) is 20.6 Å². The largest absolute Gasteiger partial charge is 0.496 e. The van der Waals surface area contributed by atoms with Gasteiger partial charge in [-0.2, -0.15) is 13.2 Å². The van der Waals surface area contributed by atoms with Crippen LogP contribution in [0.3, 0.4) is 0 Å². The van der Waals surface area contributed by atoms with E-state index < -0.39 is 39.0 Å². The minimum Gasteiger partial charge on any atom is -0.496 e. The van der Waals surface area contributed by atoms with Crippen molar-refractivity contribution in [2.75, 3.05) is 11.8 Å². The minimum absolute atomic E-state index is 0.0485. The first kappa shape index (κ1) is 22.8. The Hall–Kier alpha value is -2.38. The summed E-state index contributed by atoms with van der Waals surface area (Å²) in [6.07, 6.45) is -2.24. The molecule has 4 rings (SSSR count). The standard InChI is InChI=1S/C19H21F3N4O4S2/c1-30-15-8-10(19(20,21)22)2-4-13(15)16-12-5-3-11(9-14(12)17(27)25-24-16)32(28,29)26-18-23-6-7-31-18/h2,4,6-8,11-12,14,16,24H,3,5,9H2,1H3,(H,23,26)(H,25,27). The highest BCUT2D eigenvalue weighted by Gasteiger charge is 2.47. The lowest BCUT2D eigenvalue weighted by molar-refractivity contribution is -0.137. The van der Waals surface area contributed by atoms with Gasteiger partial charge in [0.25, 0.3) is 0 Å². The molecule has 0 spiro atoms. The highest BCUT2D eigenvalue weighted by Crippen LogP contribution is 2.45. The SMILES string of the molecule is COc1cc(C(F)(F)F)ccc1C1NNC(=O)C2CC(S(=O)(=O)Nc3nccs3)CCC21. The Bertz CT molecular complexity index is 1090. The van der Waals surface area contributed by atoms with Gasteiger partial charge in [-0.1, -0.05) is 6.07 Å². The van der Waals surface area contributed by atoms with Crippen LogP contribution in [-0.4, -0.2) is 31.7 Å². The lowest BCUT2D eigenvalue weighted by atomic mass is 9.72. The van der Waals surface area contributed by atoms with E-state index in [4.69, 9.17) is 4.74 Å². The summed E-state index contributed by atoms with van der Waals surface area (Å²) >= 11 is 1.16. The maximum Gasteiger partial charge on any atom is 0.416 e.